The molecule has 1 fully saturated rings. The Morgan fingerprint density at radius 3 is 2.89 bits per heavy atom. The van der Waals surface area contributed by atoms with Crippen molar-refractivity contribution in [3.05, 3.63) is 28.5 Å². The third-order valence-corrected chi connectivity index (χ3v) is 3.40. The predicted octanol–water partition coefficient (Wildman–Crippen LogP) is 1.72. The molecule has 0 aromatic carbocycles. The van der Waals surface area contributed by atoms with Crippen LogP contribution in [0.3, 0.4) is 0 Å². The van der Waals surface area contributed by atoms with Crippen molar-refractivity contribution >= 4 is 21.7 Å². The Morgan fingerprint density at radius 1 is 1.44 bits per heavy atom. The van der Waals surface area contributed by atoms with Crippen LogP contribution >= 0.6 is 15.9 Å². The first kappa shape index (κ1) is 13.6. The molecule has 18 heavy (non-hydrogen) atoms. The number of nitrogens with one attached hydrogen (secondary N) is 1. The summed E-state index contributed by atoms with van der Waals surface area (Å²) in [6.45, 7) is 2.16. The van der Waals surface area contributed by atoms with Gasteiger partial charge in [-0.25, -0.2) is 0 Å². The van der Waals surface area contributed by atoms with Gasteiger partial charge in [0.05, 0.1) is 12.5 Å². The largest absolute Gasteiger partial charge is 0.370 e. The molecule has 0 unspecified atom stereocenters. The minimum Gasteiger partial charge on any atom is -0.370 e. The van der Waals surface area contributed by atoms with Crippen LogP contribution in [0.2, 0.25) is 0 Å². The molecule has 5 heteroatoms. The van der Waals surface area contributed by atoms with Crippen molar-refractivity contribution < 1.29 is 9.53 Å². The molecule has 0 atom stereocenters. The second kappa shape index (κ2) is 6.97. The fourth-order valence-corrected chi connectivity index (χ4v) is 2.17. The van der Waals surface area contributed by atoms with Gasteiger partial charge >= 0.3 is 0 Å². The Bertz CT molecular complexity index is 388. The summed E-state index contributed by atoms with van der Waals surface area (Å²) >= 11 is 3.32. The van der Waals surface area contributed by atoms with Crippen molar-refractivity contribution in [2.24, 2.45) is 0 Å². The Hall–Kier alpha value is -0.780. The molecule has 0 spiro atoms. The Kier molecular flexibility index (Phi) is 5.28. The first-order valence-electron chi connectivity index (χ1n) is 6.18. The molecule has 1 N–H and O–H groups in total. The van der Waals surface area contributed by atoms with Crippen LogP contribution in [0.25, 0.3) is 0 Å². The van der Waals surface area contributed by atoms with E-state index in [2.05, 4.69) is 26.2 Å². The monoisotopic (exact) mass is 312 g/mol. The molecule has 0 amide bonds. The highest BCUT2D eigenvalue weighted by Gasteiger charge is 2.15. The van der Waals surface area contributed by atoms with Crippen molar-refractivity contribution in [2.75, 3.05) is 19.7 Å². The Labute approximate surface area is 115 Å². The molecule has 2 rings (SSSR count). The van der Waals surface area contributed by atoms with Crippen molar-refractivity contribution in [2.45, 2.75) is 25.4 Å². The van der Waals surface area contributed by atoms with E-state index in [1.54, 1.807) is 6.20 Å². The zero-order valence-electron chi connectivity index (χ0n) is 10.2. The van der Waals surface area contributed by atoms with E-state index in [1.165, 1.54) is 0 Å². The van der Waals surface area contributed by atoms with Crippen LogP contribution in [0.15, 0.2) is 22.8 Å². The number of carbonyl (C=O) groups is 1. The highest BCUT2D eigenvalue weighted by Crippen LogP contribution is 2.09. The number of hydrogen-bond acceptors (Lipinski definition) is 4. The Morgan fingerprint density at radius 2 is 2.22 bits per heavy atom. The summed E-state index contributed by atoms with van der Waals surface area (Å²) < 4.78 is 6.54. The summed E-state index contributed by atoms with van der Waals surface area (Å²) in [5.74, 6) is 0.0864. The van der Waals surface area contributed by atoms with Crippen LogP contribution in [0, 0.1) is 0 Å². The maximum absolute atomic E-state index is 11.7. The van der Waals surface area contributed by atoms with E-state index < -0.39 is 0 Å². The molecular formula is C13H17BrN2O2. The summed E-state index contributed by atoms with van der Waals surface area (Å²) in [5, 5.41) is 3.27. The van der Waals surface area contributed by atoms with Crippen LogP contribution in [0.1, 0.15) is 18.5 Å². The van der Waals surface area contributed by atoms with Gasteiger partial charge in [-0.1, -0.05) is 0 Å². The first-order valence-corrected chi connectivity index (χ1v) is 6.98. The third kappa shape index (κ3) is 4.48. The lowest BCUT2D eigenvalue weighted by Gasteiger charge is -2.22. The van der Waals surface area contributed by atoms with Crippen LogP contribution < -0.4 is 5.32 Å². The molecule has 2 heterocycles. The van der Waals surface area contributed by atoms with Crippen molar-refractivity contribution in [3.8, 4) is 0 Å². The minimum absolute atomic E-state index is 0.0864. The number of carbonyl (C=O) groups excluding carboxylic acids is 1. The lowest BCUT2D eigenvalue weighted by molar-refractivity contribution is -0.125. The third-order valence-electron chi connectivity index (χ3n) is 2.93. The number of hydrogen-bond donors (Lipinski definition) is 1. The van der Waals surface area contributed by atoms with E-state index in [4.69, 9.17) is 4.74 Å². The molecule has 1 aromatic heterocycles. The number of nitrogens with zero attached hydrogens (tertiary/aromatic N) is 1. The fraction of sp³-hybridized carbons (Fsp3) is 0.538. The molecule has 1 aliphatic rings. The lowest BCUT2D eigenvalue weighted by Crippen LogP contribution is -2.33. The summed E-state index contributed by atoms with van der Waals surface area (Å²) in [6.07, 6.45) is 4.26. The zero-order valence-corrected chi connectivity index (χ0v) is 11.8. The first-order chi connectivity index (χ1) is 8.74. The van der Waals surface area contributed by atoms with Gasteiger partial charge in [0.2, 0.25) is 0 Å². The van der Waals surface area contributed by atoms with Crippen molar-refractivity contribution in [1.82, 2.24) is 10.3 Å². The predicted molar refractivity (Wildman–Crippen MR) is 72.5 cm³/mol. The van der Waals surface area contributed by atoms with Gasteiger partial charge in [-0.15, -0.1) is 0 Å². The number of aromatic nitrogens is 1. The smallest absolute Gasteiger partial charge is 0.164 e. The topological polar surface area (TPSA) is 51.2 Å². The highest BCUT2D eigenvalue weighted by atomic mass is 79.9. The minimum atomic E-state index is 0.0864. The maximum Gasteiger partial charge on any atom is 0.164 e. The van der Waals surface area contributed by atoms with E-state index in [-0.39, 0.29) is 18.5 Å². The summed E-state index contributed by atoms with van der Waals surface area (Å²) in [4.78, 5) is 15.9. The molecule has 0 aliphatic carbocycles. The number of ether oxygens (including phenoxy) is 1. The standard InChI is InChI=1S/C13H17BrN2O2/c14-10-1-2-11(16-8-10)7-12(17)9-18-13-3-5-15-6-4-13/h1-2,8,13,15H,3-7,9H2. The number of halogens is 1. The second-order valence-electron chi connectivity index (χ2n) is 4.44. The molecular weight excluding hydrogens is 296 g/mol. The number of pyridine rings is 1. The summed E-state index contributed by atoms with van der Waals surface area (Å²) in [7, 11) is 0. The normalized spacial score (nSPS) is 16.7. The molecule has 4 nitrogen and oxygen atoms in total. The zero-order chi connectivity index (χ0) is 12.8. The van der Waals surface area contributed by atoms with Crippen LogP contribution in [-0.2, 0) is 16.0 Å². The van der Waals surface area contributed by atoms with Crippen molar-refractivity contribution in [1.29, 1.82) is 0 Å². The van der Waals surface area contributed by atoms with Gasteiger partial charge in [0.15, 0.2) is 5.78 Å². The van der Waals surface area contributed by atoms with Gasteiger partial charge < -0.3 is 10.1 Å². The van der Waals surface area contributed by atoms with Gasteiger partial charge in [-0.2, -0.15) is 0 Å². The molecule has 1 aromatic rings. The van der Waals surface area contributed by atoms with E-state index in [9.17, 15) is 4.79 Å². The number of rotatable bonds is 5. The van der Waals surface area contributed by atoms with Gasteiger partial charge in [-0.05, 0) is 54.0 Å². The van der Waals surface area contributed by atoms with Crippen LogP contribution in [0.4, 0.5) is 0 Å². The van der Waals surface area contributed by atoms with Gasteiger partial charge in [-0.3, -0.25) is 9.78 Å². The molecule has 1 saturated heterocycles. The van der Waals surface area contributed by atoms with E-state index >= 15 is 0 Å². The van der Waals surface area contributed by atoms with Gasteiger partial charge in [0.25, 0.3) is 0 Å². The van der Waals surface area contributed by atoms with Crippen molar-refractivity contribution in [3.63, 3.8) is 0 Å². The number of piperidine rings is 1. The molecule has 1 aliphatic heterocycles. The van der Waals surface area contributed by atoms with Gasteiger partial charge in [0, 0.05) is 16.4 Å². The van der Waals surface area contributed by atoms with Crippen LogP contribution in [-0.4, -0.2) is 36.6 Å². The van der Waals surface area contributed by atoms with Gasteiger partial charge in [0.1, 0.15) is 6.61 Å². The van der Waals surface area contributed by atoms with E-state index in [0.717, 1.165) is 36.1 Å². The summed E-state index contributed by atoms with van der Waals surface area (Å²) in [6, 6.07) is 3.75. The lowest BCUT2D eigenvalue weighted by atomic mass is 10.1. The molecule has 98 valence electrons. The van der Waals surface area contributed by atoms with E-state index in [1.807, 2.05) is 12.1 Å². The fourth-order valence-electron chi connectivity index (χ4n) is 1.94. The van der Waals surface area contributed by atoms with Crippen LogP contribution in [0.5, 0.6) is 0 Å². The summed E-state index contributed by atoms with van der Waals surface area (Å²) in [5.41, 5.74) is 0.789. The average Bonchev–Trinajstić information content (AvgIpc) is 2.40. The molecule has 0 radical (unpaired) electrons. The average molecular weight is 313 g/mol. The molecule has 0 bridgehead atoms. The highest BCUT2D eigenvalue weighted by molar-refractivity contribution is 9.10. The number of ketones is 1. The quantitative estimate of drug-likeness (QED) is 0.899. The maximum atomic E-state index is 11.7. The Balaban J connectivity index is 1.73. The second-order valence-corrected chi connectivity index (χ2v) is 5.36. The van der Waals surface area contributed by atoms with E-state index in [0.29, 0.717) is 6.42 Å². The SMILES string of the molecule is O=C(COC1CCNCC1)Cc1ccc(Br)cn1. The number of Topliss-reactive ketones (excluding diaryl/α,β-unsaturated/α-hetero) is 1. The molecule has 0 saturated carbocycles.